The number of rotatable bonds is 5. The van der Waals surface area contributed by atoms with Gasteiger partial charge in [-0.3, -0.25) is 9.79 Å². The first-order valence-electron chi connectivity index (χ1n) is 11.7. The van der Waals surface area contributed by atoms with Gasteiger partial charge in [-0.05, 0) is 49.2 Å². The summed E-state index contributed by atoms with van der Waals surface area (Å²) in [5.74, 6) is 0.0772. The second-order valence-electron chi connectivity index (χ2n) is 10.1. The van der Waals surface area contributed by atoms with Crippen molar-refractivity contribution in [1.82, 2.24) is 4.31 Å². The lowest BCUT2D eigenvalue weighted by Crippen LogP contribution is -2.44. The maximum absolute atomic E-state index is 13.5. The third-order valence-electron chi connectivity index (χ3n) is 6.74. The Morgan fingerprint density at radius 2 is 1.94 bits per heavy atom. The zero-order valence-corrected chi connectivity index (χ0v) is 20.7. The first-order valence-corrected chi connectivity index (χ1v) is 13.1. The van der Waals surface area contributed by atoms with Crippen molar-refractivity contribution in [3.63, 3.8) is 0 Å². The summed E-state index contributed by atoms with van der Waals surface area (Å²) in [7, 11) is -3.96. The molecule has 5 rings (SSSR count). The third-order valence-corrected chi connectivity index (χ3v) is 8.69. The lowest BCUT2D eigenvalue weighted by atomic mass is 9.91. The summed E-state index contributed by atoms with van der Waals surface area (Å²) < 4.78 is 72.9. The number of carbonyl (C=O) groups excluding carboxylic acids is 1. The van der Waals surface area contributed by atoms with E-state index in [0.29, 0.717) is 43.0 Å². The van der Waals surface area contributed by atoms with Crippen LogP contribution in [0.15, 0.2) is 52.4 Å². The van der Waals surface area contributed by atoms with Crippen LogP contribution in [0.2, 0.25) is 0 Å². The van der Waals surface area contributed by atoms with E-state index in [2.05, 4.69) is 18.8 Å². The molecule has 1 saturated heterocycles. The monoisotopic (exact) mass is 521 g/mol. The second-order valence-corrected chi connectivity index (χ2v) is 12.0. The molecule has 0 unspecified atom stereocenters. The maximum atomic E-state index is 13.5. The summed E-state index contributed by atoms with van der Waals surface area (Å²) in [6, 6.07) is 8.53. The summed E-state index contributed by atoms with van der Waals surface area (Å²) >= 11 is 0. The van der Waals surface area contributed by atoms with Crippen molar-refractivity contribution in [3.8, 4) is 5.75 Å². The number of amidine groups is 1. The zero-order chi connectivity index (χ0) is 25.9. The van der Waals surface area contributed by atoms with E-state index in [1.54, 1.807) is 6.07 Å². The quantitative estimate of drug-likeness (QED) is 0.584. The van der Waals surface area contributed by atoms with E-state index in [-0.39, 0.29) is 35.0 Å². The molecule has 0 aliphatic carbocycles. The molecule has 3 aliphatic heterocycles. The van der Waals surface area contributed by atoms with E-state index in [9.17, 15) is 26.4 Å². The van der Waals surface area contributed by atoms with Crippen molar-refractivity contribution in [3.05, 3.63) is 53.6 Å². The summed E-state index contributed by atoms with van der Waals surface area (Å²) in [5, 5.41) is 0. The van der Waals surface area contributed by atoms with Crippen LogP contribution >= 0.6 is 0 Å². The fourth-order valence-electron chi connectivity index (χ4n) is 4.92. The van der Waals surface area contributed by atoms with Crippen LogP contribution in [0.4, 0.5) is 18.9 Å². The Kier molecular flexibility index (Phi) is 5.90. The average Bonchev–Trinajstić information content (AvgIpc) is 3.40. The Morgan fingerprint density at radius 1 is 1.17 bits per heavy atom. The molecule has 1 atom stereocenters. The number of benzene rings is 2. The van der Waals surface area contributed by atoms with Crippen molar-refractivity contribution in [1.29, 1.82) is 0 Å². The molecule has 0 amide bonds. The van der Waals surface area contributed by atoms with Crippen LogP contribution < -0.4 is 9.64 Å². The van der Waals surface area contributed by atoms with Gasteiger partial charge >= 0.3 is 6.18 Å². The Hall–Kier alpha value is -2.92. The Labute approximate surface area is 207 Å². The normalized spacial score (nSPS) is 21.8. The van der Waals surface area contributed by atoms with Gasteiger partial charge in [0.15, 0.2) is 5.84 Å². The van der Waals surface area contributed by atoms with E-state index < -0.39 is 27.8 Å². The van der Waals surface area contributed by atoms with E-state index in [1.807, 2.05) is 4.90 Å². The molecule has 0 radical (unpaired) electrons. The number of Topliss-reactive ketones (excluding diaryl/α,β-unsaturated/α-hetero) is 1. The molecule has 1 fully saturated rings. The van der Waals surface area contributed by atoms with Gasteiger partial charge in [0.25, 0.3) is 0 Å². The van der Waals surface area contributed by atoms with E-state index >= 15 is 0 Å². The van der Waals surface area contributed by atoms with Crippen LogP contribution in [0.25, 0.3) is 0 Å². The molecule has 3 aliphatic rings. The van der Waals surface area contributed by atoms with Crippen molar-refractivity contribution in [2.45, 2.75) is 43.8 Å². The second kappa shape index (κ2) is 8.58. The molecule has 0 N–H and O–H groups in total. The molecule has 2 aromatic rings. The van der Waals surface area contributed by atoms with Crippen LogP contribution in [0.5, 0.6) is 5.75 Å². The Bertz CT molecular complexity index is 1350. The molecular weight excluding hydrogens is 495 g/mol. The number of halogens is 3. The Morgan fingerprint density at radius 3 is 2.69 bits per heavy atom. The topological polar surface area (TPSA) is 79.3 Å². The number of hydrogen-bond acceptors (Lipinski definition) is 6. The van der Waals surface area contributed by atoms with Gasteiger partial charge in [-0.2, -0.15) is 17.5 Å². The van der Waals surface area contributed by atoms with Crippen LogP contribution in [-0.4, -0.2) is 56.6 Å². The molecule has 0 bridgehead atoms. The van der Waals surface area contributed by atoms with Gasteiger partial charge < -0.3 is 9.64 Å². The van der Waals surface area contributed by atoms with Gasteiger partial charge in [0.05, 0.1) is 27.8 Å². The molecular formula is C25H26F3N3O4S. The van der Waals surface area contributed by atoms with Crippen molar-refractivity contribution >= 4 is 27.3 Å². The highest BCUT2D eigenvalue weighted by atomic mass is 32.2. The molecule has 3 heterocycles. The highest BCUT2D eigenvalue weighted by Gasteiger charge is 2.42. The maximum Gasteiger partial charge on any atom is 0.416 e. The Balaban J connectivity index is 1.36. The number of hydrogen-bond donors (Lipinski definition) is 0. The predicted molar refractivity (Wildman–Crippen MR) is 128 cm³/mol. The van der Waals surface area contributed by atoms with Gasteiger partial charge in [0.1, 0.15) is 12.4 Å². The van der Waals surface area contributed by atoms with Crippen LogP contribution in [0, 0.1) is 5.41 Å². The summed E-state index contributed by atoms with van der Waals surface area (Å²) in [4.78, 5) is 19.3. The lowest BCUT2D eigenvalue weighted by Gasteiger charge is -2.34. The number of sulfonamides is 1. The standard InChI is InChI=1S/C25H26F3N3O4S/c1-24(2)14-29-23-22(32)20-12-19(8-9-21(20)30(23)15-24)36(33,34)31-10-4-6-17(31)13-35-18-7-3-5-16(11-18)25(26,27)28/h3,5,7-9,11-12,17H,4,6,10,13-15H2,1-2H3/t17-/m0/s1. The molecule has 36 heavy (non-hydrogen) atoms. The largest absolute Gasteiger partial charge is 0.492 e. The number of alkyl halides is 3. The number of carbonyl (C=O) groups is 1. The van der Waals surface area contributed by atoms with Gasteiger partial charge in [-0.15, -0.1) is 0 Å². The van der Waals surface area contributed by atoms with E-state index in [0.717, 1.165) is 12.1 Å². The van der Waals surface area contributed by atoms with Gasteiger partial charge in [0, 0.05) is 25.0 Å². The fraction of sp³-hybridized carbons (Fsp3) is 0.440. The smallest absolute Gasteiger partial charge is 0.416 e. The fourth-order valence-corrected chi connectivity index (χ4v) is 6.62. The van der Waals surface area contributed by atoms with Gasteiger partial charge in [-0.1, -0.05) is 19.9 Å². The van der Waals surface area contributed by atoms with Gasteiger partial charge in [0.2, 0.25) is 15.8 Å². The SMILES string of the molecule is CC1(C)CN=C2C(=O)c3cc(S(=O)(=O)N4CCC[C@H]4COc4cccc(C(F)(F)F)c4)ccc3N2C1. The summed E-state index contributed by atoms with van der Waals surface area (Å²) in [5.41, 5.74) is 0.0150. The van der Waals surface area contributed by atoms with Crippen LogP contribution in [0.3, 0.4) is 0 Å². The highest BCUT2D eigenvalue weighted by Crippen LogP contribution is 2.38. The minimum Gasteiger partial charge on any atom is -0.492 e. The molecule has 0 aromatic heterocycles. The lowest BCUT2D eigenvalue weighted by molar-refractivity contribution is -0.137. The van der Waals surface area contributed by atoms with Crippen LogP contribution in [0.1, 0.15) is 42.6 Å². The minimum atomic E-state index is -4.50. The first kappa shape index (κ1) is 24.8. The van der Waals surface area contributed by atoms with E-state index in [1.165, 1.54) is 28.6 Å². The number of fused-ring (bicyclic) bond motifs is 3. The average molecular weight is 522 g/mol. The summed E-state index contributed by atoms with van der Waals surface area (Å²) in [6.45, 7) is 5.43. The first-order chi connectivity index (χ1) is 16.9. The molecule has 192 valence electrons. The number of ketones is 1. The van der Waals surface area contributed by atoms with Gasteiger partial charge in [-0.25, -0.2) is 8.42 Å². The minimum absolute atomic E-state index is 0.000255. The van der Waals surface area contributed by atoms with Crippen molar-refractivity contribution in [2.24, 2.45) is 10.4 Å². The van der Waals surface area contributed by atoms with Crippen molar-refractivity contribution in [2.75, 3.05) is 31.1 Å². The molecule has 0 spiro atoms. The highest BCUT2D eigenvalue weighted by molar-refractivity contribution is 7.89. The zero-order valence-electron chi connectivity index (χ0n) is 19.9. The van der Waals surface area contributed by atoms with Crippen LogP contribution in [-0.2, 0) is 16.2 Å². The van der Waals surface area contributed by atoms with Crippen molar-refractivity contribution < 1.29 is 31.1 Å². The number of anilines is 1. The number of aliphatic imine (C=N–C) groups is 1. The molecule has 11 heteroatoms. The predicted octanol–water partition coefficient (Wildman–Crippen LogP) is 4.38. The third kappa shape index (κ3) is 4.39. The molecule has 2 aromatic carbocycles. The summed E-state index contributed by atoms with van der Waals surface area (Å²) in [6.07, 6.45) is -3.39. The number of nitrogens with zero attached hydrogens (tertiary/aromatic N) is 3. The molecule has 0 saturated carbocycles. The molecule has 7 nitrogen and oxygen atoms in total. The van der Waals surface area contributed by atoms with E-state index in [4.69, 9.17) is 4.74 Å². The number of ether oxygens (including phenoxy) is 1.